The number of hydrogen-bond acceptors (Lipinski definition) is 3. The number of ether oxygens (including phenoxy) is 1. The van der Waals surface area contributed by atoms with E-state index < -0.39 is 0 Å². The molecule has 0 saturated carbocycles. The minimum atomic E-state index is 0.234. The Labute approximate surface area is 110 Å². The Morgan fingerprint density at radius 2 is 2.29 bits per heavy atom. The van der Waals surface area contributed by atoms with Gasteiger partial charge in [-0.15, -0.1) is 0 Å². The Kier molecular flexibility index (Phi) is 4.59. The van der Waals surface area contributed by atoms with Crippen LogP contribution < -0.4 is 10.1 Å². The first kappa shape index (κ1) is 12.6. The van der Waals surface area contributed by atoms with E-state index in [4.69, 9.17) is 9.84 Å². The van der Waals surface area contributed by atoms with Crippen molar-refractivity contribution in [2.24, 2.45) is 0 Å². The molecule has 0 radical (unpaired) electrons. The second kappa shape index (κ2) is 6.19. The van der Waals surface area contributed by atoms with Gasteiger partial charge in [0.2, 0.25) is 0 Å². The van der Waals surface area contributed by atoms with Gasteiger partial charge in [-0.3, -0.25) is 0 Å². The van der Waals surface area contributed by atoms with Crippen molar-refractivity contribution in [2.45, 2.75) is 6.42 Å². The summed E-state index contributed by atoms with van der Waals surface area (Å²) in [5, 5.41) is 12.0. The topological polar surface area (TPSA) is 41.5 Å². The van der Waals surface area contributed by atoms with Crippen LogP contribution in [0.3, 0.4) is 0 Å². The quantitative estimate of drug-likeness (QED) is 0.819. The molecule has 1 heterocycles. The van der Waals surface area contributed by atoms with Crippen molar-refractivity contribution in [3.8, 4) is 5.75 Å². The first-order chi connectivity index (χ1) is 8.29. The molecule has 1 aliphatic heterocycles. The predicted molar refractivity (Wildman–Crippen MR) is 72.2 cm³/mol. The lowest BCUT2D eigenvalue weighted by Crippen LogP contribution is -2.23. The van der Waals surface area contributed by atoms with Crippen LogP contribution in [0.1, 0.15) is 12.0 Å². The summed E-state index contributed by atoms with van der Waals surface area (Å²) in [6, 6.07) is 6.02. The number of fused-ring (bicyclic) bond motifs is 1. The van der Waals surface area contributed by atoms with Crippen LogP contribution in [-0.2, 0) is 0 Å². The second-order valence-corrected chi connectivity index (χ2v) is 4.94. The highest BCUT2D eigenvalue weighted by Crippen LogP contribution is 2.28. The van der Waals surface area contributed by atoms with Gasteiger partial charge in [0, 0.05) is 23.2 Å². The van der Waals surface area contributed by atoms with Crippen LogP contribution in [0.2, 0.25) is 0 Å². The van der Waals surface area contributed by atoms with Crippen LogP contribution in [-0.4, -0.2) is 31.4 Å². The Balaban J connectivity index is 1.97. The SMILES string of the molecule is OCCCNCC1=Cc2cc(Br)ccc2OC1. The lowest BCUT2D eigenvalue weighted by Gasteiger charge is -2.18. The third-order valence-corrected chi connectivity index (χ3v) is 3.10. The molecule has 0 aromatic heterocycles. The number of hydrogen-bond donors (Lipinski definition) is 2. The number of rotatable bonds is 5. The van der Waals surface area contributed by atoms with E-state index in [2.05, 4.69) is 33.4 Å². The van der Waals surface area contributed by atoms with Gasteiger partial charge in [0.1, 0.15) is 12.4 Å². The van der Waals surface area contributed by atoms with E-state index in [1.54, 1.807) is 0 Å². The van der Waals surface area contributed by atoms with Gasteiger partial charge in [-0.1, -0.05) is 15.9 Å². The summed E-state index contributed by atoms with van der Waals surface area (Å²) >= 11 is 3.46. The molecule has 0 saturated heterocycles. The lowest BCUT2D eigenvalue weighted by molar-refractivity contribution is 0.286. The van der Waals surface area contributed by atoms with Gasteiger partial charge in [0.05, 0.1) is 0 Å². The molecule has 1 aliphatic rings. The van der Waals surface area contributed by atoms with Crippen LogP contribution >= 0.6 is 15.9 Å². The third-order valence-electron chi connectivity index (χ3n) is 2.61. The Morgan fingerprint density at radius 3 is 3.12 bits per heavy atom. The van der Waals surface area contributed by atoms with E-state index in [0.717, 1.165) is 35.3 Å². The standard InChI is InChI=1S/C13H16BrNO2/c14-12-2-3-13-11(7-12)6-10(9-17-13)8-15-4-1-5-16/h2-3,6-7,15-16H,1,4-5,8-9H2. The van der Waals surface area contributed by atoms with Gasteiger partial charge >= 0.3 is 0 Å². The monoisotopic (exact) mass is 297 g/mol. The van der Waals surface area contributed by atoms with Crippen molar-refractivity contribution >= 4 is 22.0 Å². The van der Waals surface area contributed by atoms with Crippen LogP contribution in [0, 0.1) is 0 Å². The molecule has 0 aliphatic carbocycles. The summed E-state index contributed by atoms with van der Waals surface area (Å²) in [7, 11) is 0. The Bertz CT molecular complexity index is 418. The molecule has 2 N–H and O–H groups in total. The number of aliphatic hydroxyl groups is 1. The van der Waals surface area contributed by atoms with Crippen molar-refractivity contribution in [2.75, 3.05) is 26.3 Å². The van der Waals surface area contributed by atoms with Gasteiger partial charge < -0.3 is 15.2 Å². The van der Waals surface area contributed by atoms with E-state index in [0.29, 0.717) is 6.61 Å². The molecule has 2 rings (SSSR count). The van der Waals surface area contributed by atoms with Crippen molar-refractivity contribution in [3.63, 3.8) is 0 Å². The smallest absolute Gasteiger partial charge is 0.127 e. The van der Waals surface area contributed by atoms with Crippen LogP contribution in [0.25, 0.3) is 6.08 Å². The molecule has 1 aromatic rings. The van der Waals surface area contributed by atoms with Crippen molar-refractivity contribution in [1.29, 1.82) is 0 Å². The molecule has 1 aromatic carbocycles. The molecule has 92 valence electrons. The van der Waals surface area contributed by atoms with Gasteiger partial charge in [0.25, 0.3) is 0 Å². The highest BCUT2D eigenvalue weighted by molar-refractivity contribution is 9.10. The zero-order valence-electron chi connectivity index (χ0n) is 9.58. The third kappa shape index (κ3) is 3.56. The molecular formula is C13H16BrNO2. The lowest BCUT2D eigenvalue weighted by atomic mass is 10.1. The summed E-state index contributed by atoms with van der Waals surface area (Å²) in [6.07, 6.45) is 2.95. The average Bonchev–Trinajstić information content (AvgIpc) is 2.34. The first-order valence-electron chi connectivity index (χ1n) is 5.73. The highest BCUT2D eigenvalue weighted by Gasteiger charge is 2.10. The van der Waals surface area contributed by atoms with E-state index in [1.165, 1.54) is 5.57 Å². The normalized spacial score (nSPS) is 13.9. The van der Waals surface area contributed by atoms with E-state index in [-0.39, 0.29) is 6.61 Å². The molecule has 0 fully saturated rings. The van der Waals surface area contributed by atoms with E-state index in [1.807, 2.05) is 12.1 Å². The summed E-state index contributed by atoms with van der Waals surface area (Å²) in [6.45, 7) is 2.52. The maximum atomic E-state index is 8.68. The molecule has 0 spiro atoms. The Morgan fingerprint density at radius 1 is 1.41 bits per heavy atom. The van der Waals surface area contributed by atoms with Gasteiger partial charge in [-0.05, 0) is 42.8 Å². The summed E-state index contributed by atoms with van der Waals surface area (Å²) in [4.78, 5) is 0. The van der Waals surface area contributed by atoms with Crippen LogP contribution in [0.4, 0.5) is 0 Å². The highest BCUT2D eigenvalue weighted by atomic mass is 79.9. The number of nitrogens with one attached hydrogen (secondary N) is 1. The summed E-state index contributed by atoms with van der Waals surface area (Å²) < 4.78 is 6.73. The molecule has 0 unspecified atom stereocenters. The molecule has 0 bridgehead atoms. The average molecular weight is 298 g/mol. The molecule has 0 amide bonds. The van der Waals surface area contributed by atoms with Gasteiger partial charge in [-0.25, -0.2) is 0 Å². The van der Waals surface area contributed by atoms with Gasteiger partial charge in [0.15, 0.2) is 0 Å². The zero-order valence-corrected chi connectivity index (χ0v) is 11.2. The zero-order chi connectivity index (χ0) is 12.1. The summed E-state index contributed by atoms with van der Waals surface area (Å²) in [5.74, 6) is 0.937. The number of aliphatic hydroxyl groups excluding tert-OH is 1. The second-order valence-electron chi connectivity index (χ2n) is 4.03. The van der Waals surface area contributed by atoms with E-state index in [9.17, 15) is 0 Å². The fraction of sp³-hybridized carbons (Fsp3) is 0.385. The first-order valence-corrected chi connectivity index (χ1v) is 6.52. The molecule has 0 atom stereocenters. The van der Waals surface area contributed by atoms with Crippen molar-refractivity contribution in [1.82, 2.24) is 5.32 Å². The van der Waals surface area contributed by atoms with Crippen LogP contribution in [0.5, 0.6) is 5.75 Å². The van der Waals surface area contributed by atoms with Crippen LogP contribution in [0.15, 0.2) is 28.2 Å². The van der Waals surface area contributed by atoms with Crippen molar-refractivity contribution in [3.05, 3.63) is 33.8 Å². The minimum Gasteiger partial charge on any atom is -0.489 e. The van der Waals surface area contributed by atoms with E-state index >= 15 is 0 Å². The fourth-order valence-corrected chi connectivity index (χ4v) is 2.13. The van der Waals surface area contributed by atoms with Gasteiger partial charge in [-0.2, -0.15) is 0 Å². The predicted octanol–water partition coefficient (Wildman–Crippen LogP) is 2.20. The Hall–Kier alpha value is -0.840. The maximum absolute atomic E-state index is 8.68. The maximum Gasteiger partial charge on any atom is 0.127 e. The number of benzene rings is 1. The summed E-state index contributed by atoms with van der Waals surface area (Å²) in [5.41, 5.74) is 2.35. The minimum absolute atomic E-state index is 0.234. The van der Waals surface area contributed by atoms with Crippen molar-refractivity contribution < 1.29 is 9.84 Å². The molecule has 17 heavy (non-hydrogen) atoms. The molecule has 3 nitrogen and oxygen atoms in total. The fourth-order valence-electron chi connectivity index (χ4n) is 1.75. The molecular weight excluding hydrogens is 282 g/mol. The largest absolute Gasteiger partial charge is 0.489 e. The number of halogens is 1. The molecule has 4 heteroatoms.